The summed E-state index contributed by atoms with van der Waals surface area (Å²) >= 11 is 0. The van der Waals surface area contributed by atoms with Gasteiger partial charge in [-0.3, -0.25) is 9.69 Å². The summed E-state index contributed by atoms with van der Waals surface area (Å²) in [5, 5.41) is 3.60. The number of carbonyl (C=O) groups is 1. The number of rotatable bonds is 4. The minimum absolute atomic E-state index is 0.0442. The maximum absolute atomic E-state index is 11.9. The van der Waals surface area contributed by atoms with Crippen molar-refractivity contribution in [3.63, 3.8) is 0 Å². The number of hydrogen-bond donors (Lipinski definition) is 1. The Morgan fingerprint density at radius 2 is 2.03 bits per heavy atom. The van der Waals surface area contributed by atoms with Gasteiger partial charge in [-0.2, -0.15) is 0 Å². The molecule has 1 atom stereocenters. The van der Waals surface area contributed by atoms with Gasteiger partial charge >= 0.3 is 0 Å². The number of anilines is 3. The van der Waals surface area contributed by atoms with Crippen LogP contribution in [0.4, 0.5) is 17.2 Å². The third-order valence-electron chi connectivity index (χ3n) is 7.84. The molecule has 184 valence electrons. The highest BCUT2D eigenvalue weighted by Crippen LogP contribution is 2.42. The van der Waals surface area contributed by atoms with Crippen molar-refractivity contribution in [2.45, 2.75) is 31.9 Å². The Balaban J connectivity index is 1.18. The van der Waals surface area contributed by atoms with Crippen LogP contribution in [0.5, 0.6) is 5.75 Å². The van der Waals surface area contributed by atoms with Gasteiger partial charge in [0.2, 0.25) is 5.91 Å². The molecular weight excluding hydrogens is 442 g/mol. The molecule has 0 unspecified atom stereocenters. The van der Waals surface area contributed by atoms with Gasteiger partial charge in [0, 0.05) is 63.1 Å². The van der Waals surface area contributed by atoms with Crippen molar-refractivity contribution in [1.29, 1.82) is 0 Å². The molecule has 1 aromatic heterocycles. The van der Waals surface area contributed by atoms with Crippen LogP contribution in [-0.2, 0) is 16.1 Å². The summed E-state index contributed by atoms with van der Waals surface area (Å²) in [5.74, 6) is 2.31. The summed E-state index contributed by atoms with van der Waals surface area (Å²) in [4.78, 5) is 23.4. The monoisotopic (exact) mass is 475 g/mol. The highest BCUT2D eigenvalue weighted by Gasteiger charge is 2.38. The number of ether oxygens (including phenoxy) is 2. The van der Waals surface area contributed by atoms with Gasteiger partial charge in [0.1, 0.15) is 18.2 Å². The van der Waals surface area contributed by atoms with E-state index < -0.39 is 0 Å². The van der Waals surface area contributed by atoms with Gasteiger partial charge in [-0.1, -0.05) is 12.6 Å². The average Bonchev–Trinajstić information content (AvgIpc) is 3.24. The standard InChI is InChI=1S/C27H33N5O3/c1-3-25(33)31-7-5-21(16-31)32-14-20(15-32)19-12-18(2)26-23(13-19)29-27-22(17-35-26)24(4-6-28-27)30-8-10-34-11-9-30/h3-4,6,12-13,20-21H,1,5,7-11,14-17H2,2H3,(H,28,29)/t21-/m0/s1. The quantitative estimate of drug-likeness (QED) is 0.682. The van der Waals surface area contributed by atoms with Crippen molar-refractivity contribution >= 4 is 23.1 Å². The normalized spacial score (nSPS) is 22.4. The number of morpholine rings is 1. The number of nitrogens with zero attached hydrogens (tertiary/aromatic N) is 4. The van der Waals surface area contributed by atoms with Crippen molar-refractivity contribution < 1.29 is 14.3 Å². The molecule has 0 spiro atoms. The lowest BCUT2D eigenvalue weighted by Crippen LogP contribution is -2.51. The van der Waals surface area contributed by atoms with Gasteiger partial charge < -0.3 is 24.6 Å². The second kappa shape index (κ2) is 9.17. The molecule has 2 aromatic rings. The predicted octanol–water partition coefficient (Wildman–Crippen LogP) is 3.05. The summed E-state index contributed by atoms with van der Waals surface area (Å²) < 4.78 is 11.9. The van der Waals surface area contributed by atoms with Crippen molar-refractivity contribution in [2.75, 3.05) is 62.7 Å². The second-order valence-electron chi connectivity index (χ2n) is 9.97. The first-order valence-corrected chi connectivity index (χ1v) is 12.6. The first kappa shape index (κ1) is 22.4. The van der Waals surface area contributed by atoms with Crippen molar-refractivity contribution in [3.05, 3.63) is 53.7 Å². The molecular formula is C27H33N5O3. The number of pyridine rings is 1. The molecule has 8 nitrogen and oxygen atoms in total. The first-order chi connectivity index (χ1) is 17.1. The predicted molar refractivity (Wildman–Crippen MR) is 136 cm³/mol. The lowest BCUT2D eigenvalue weighted by Gasteiger charge is -2.43. The zero-order chi connectivity index (χ0) is 23.9. The van der Waals surface area contributed by atoms with Crippen molar-refractivity contribution in [2.24, 2.45) is 0 Å². The van der Waals surface area contributed by atoms with Gasteiger partial charge in [-0.25, -0.2) is 4.98 Å². The molecule has 8 heteroatoms. The Labute approximate surface area is 206 Å². The largest absolute Gasteiger partial charge is 0.486 e. The molecule has 6 rings (SSSR count). The number of hydrogen-bond acceptors (Lipinski definition) is 7. The topological polar surface area (TPSA) is 70.2 Å². The third-order valence-corrected chi connectivity index (χ3v) is 7.84. The summed E-state index contributed by atoms with van der Waals surface area (Å²) in [6, 6.07) is 7.05. The Morgan fingerprint density at radius 3 is 2.83 bits per heavy atom. The number of fused-ring (bicyclic) bond motifs is 2. The fraction of sp³-hybridized carbons (Fsp3) is 0.481. The van der Waals surface area contributed by atoms with E-state index in [0.717, 1.165) is 87.3 Å². The zero-order valence-corrected chi connectivity index (χ0v) is 20.3. The molecule has 1 aromatic carbocycles. The lowest BCUT2D eigenvalue weighted by molar-refractivity contribution is -0.125. The summed E-state index contributed by atoms with van der Waals surface area (Å²) in [5.41, 5.74) is 5.74. The minimum Gasteiger partial charge on any atom is -0.486 e. The van der Waals surface area contributed by atoms with E-state index >= 15 is 0 Å². The number of amides is 1. The van der Waals surface area contributed by atoms with E-state index in [2.05, 4.69) is 51.8 Å². The van der Waals surface area contributed by atoms with E-state index in [4.69, 9.17) is 9.47 Å². The SMILES string of the molecule is C=CC(=O)N1CC[C@H](N2CC(c3cc(C)c4c(c3)Nc3nccc(N5CCOCC5)c3CO4)C2)C1. The number of carbonyl (C=O) groups excluding carboxylic acids is 1. The maximum atomic E-state index is 11.9. The van der Waals surface area contributed by atoms with Gasteiger partial charge in [0.25, 0.3) is 0 Å². The van der Waals surface area contributed by atoms with Crippen molar-refractivity contribution in [3.8, 4) is 5.75 Å². The number of aromatic nitrogens is 1. The third kappa shape index (κ3) is 4.15. The molecule has 0 radical (unpaired) electrons. The van der Waals surface area contributed by atoms with Crippen LogP contribution >= 0.6 is 0 Å². The van der Waals surface area contributed by atoms with Crippen LogP contribution in [0.2, 0.25) is 0 Å². The molecule has 3 fully saturated rings. The van der Waals surface area contributed by atoms with Crippen molar-refractivity contribution in [1.82, 2.24) is 14.8 Å². The highest BCUT2D eigenvalue weighted by atomic mass is 16.5. The van der Waals surface area contributed by atoms with Crippen LogP contribution < -0.4 is 15.0 Å². The first-order valence-electron chi connectivity index (χ1n) is 12.6. The van der Waals surface area contributed by atoms with E-state index in [0.29, 0.717) is 18.6 Å². The smallest absolute Gasteiger partial charge is 0.246 e. The zero-order valence-electron chi connectivity index (χ0n) is 20.3. The Morgan fingerprint density at radius 1 is 1.20 bits per heavy atom. The fourth-order valence-electron chi connectivity index (χ4n) is 5.82. The molecule has 0 aliphatic carbocycles. The summed E-state index contributed by atoms with van der Waals surface area (Å²) in [6.07, 6.45) is 4.34. The molecule has 5 heterocycles. The summed E-state index contributed by atoms with van der Waals surface area (Å²) in [6.45, 7) is 13.2. The Kier molecular flexibility index (Phi) is 5.86. The number of aryl methyl sites for hydroxylation is 1. The second-order valence-corrected chi connectivity index (χ2v) is 9.97. The molecule has 0 saturated carbocycles. The number of likely N-dealkylation sites (tertiary alicyclic amines) is 2. The molecule has 3 saturated heterocycles. The highest BCUT2D eigenvalue weighted by molar-refractivity contribution is 5.87. The maximum Gasteiger partial charge on any atom is 0.246 e. The number of benzene rings is 1. The molecule has 0 bridgehead atoms. The molecule has 35 heavy (non-hydrogen) atoms. The fourth-order valence-corrected chi connectivity index (χ4v) is 5.82. The van der Waals surface area contributed by atoms with Crippen LogP contribution in [0.3, 0.4) is 0 Å². The van der Waals surface area contributed by atoms with E-state index in [9.17, 15) is 4.79 Å². The molecule has 4 aliphatic rings. The van der Waals surface area contributed by atoms with Crippen LogP contribution in [-0.4, -0.2) is 79.2 Å². The van der Waals surface area contributed by atoms with Crippen LogP contribution in [0, 0.1) is 6.92 Å². The summed E-state index contributed by atoms with van der Waals surface area (Å²) in [7, 11) is 0. The van der Waals surface area contributed by atoms with Crippen LogP contribution in [0.15, 0.2) is 37.1 Å². The van der Waals surface area contributed by atoms with E-state index in [1.807, 2.05) is 11.1 Å². The Bertz CT molecular complexity index is 1140. The average molecular weight is 476 g/mol. The Hall–Kier alpha value is -3.10. The van der Waals surface area contributed by atoms with Gasteiger partial charge in [-0.15, -0.1) is 0 Å². The van der Waals surface area contributed by atoms with Gasteiger partial charge in [0.05, 0.1) is 24.5 Å². The van der Waals surface area contributed by atoms with E-state index in [-0.39, 0.29) is 5.91 Å². The van der Waals surface area contributed by atoms with E-state index in [1.54, 1.807) is 0 Å². The lowest BCUT2D eigenvalue weighted by atomic mass is 9.88. The molecule has 1 amide bonds. The van der Waals surface area contributed by atoms with Gasteiger partial charge in [0.15, 0.2) is 0 Å². The van der Waals surface area contributed by atoms with E-state index in [1.165, 1.54) is 17.3 Å². The molecule has 4 aliphatic heterocycles. The molecule has 1 N–H and O–H groups in total. The number of nitrogens with one attached hydrogen (secondary N) is 1. The minimum atomic E-state index is 0.0442. The van der Waals surface area contributed by atoms with Crippen LogP contribution in [0.1, 0.15) is 29.0 Å². The van der Waals surface area contributed by atoms with Gasteiger partial charge in [-0.05, 0) is 42.7 Å². The van der Waals surface area contributed by atoms with Crippen LogP contribution in [0.25, 0.3) is 0 Å².